The van der Waals surface area contributed by atoms with Gasteiger partial charge in [-0.05, 0) is 31.5 Å². The Bertz CT molecular complexity index is 896. The number of nitrogens with one attached hydrogen (secondary N) is 2. The number of aryl methyl sites for hydroxylation is 1. The van der Waals surface area contributed by atoms with Gasteiger partial charge in [0.05, 0.1) is 5.75 Å². The van der Waals surface area contributed by atoms with Gasteiger partial charge in [0.2, 0.25) is 11.0 Å². The molecule has 130 valence electrons. The molecule has 0 aliphatic carbocycles. The fraction of sp³-hybridized carbons (Fsp3) is 0.200. The third-order valence-electron chi connectivity index (χ3n) is 3.14. The number of nitrogens with zero attached hydrogens (tertiary/aromatic N) is 3. The minimum Gasteiger partial charge on any atom is -0.360 e. The van der Waals surface area contributed by atoms with E-state index in [0.29, 0.717) is 26.1 Å². The normalized spacial score (nSPS) is 10.7. The van der Waals surface area contributed by atoms with E-state index in [4.69, 9.17) is 16.1 Å². The van der Waals surface area contributed by atoms with Crippen molar-refractivity contribution in [3.05, 3.63) is 40.6 Å². The Morgan fingerprint density at radius 3 is 2.96 bits per heavy atom. The predicted molar refractivity (Wildman–Crippen MR) is 100.0 cm³/mol. The van der Waals surface area contributed by atoms with Crippen LogP contribution < -0.4 is 10.6 Å². The first-order chi connectivity index (χ1) is 12.0. The lowest BCUT2D eigenvalue weighted by Gasteiger charge is -2.06. The minimum absolute atomic E-state index is 0.186. The van der Waals surface area contributed by atoms with Crippen LogP contribution in [0.25, 0.3) is 0 Å². The Kier molecular flexibility index (Phi) is 5.57. The summed E-state index contributed by atoms with van der Waals surface area (Å²) in [5, 5.41) is 19.0. The predicted octanol–water partition coefficient (Wildman–Crippen LogP) is 4.27. The van der Waals surface area contributed by atoms with Gasteiger partial charge in [0.15, 0.2) is 10.2 Å². The Labute approximate surface area is 157 Å². The molecule has 3 aromatic rings. The zero-order valence-corrected chi connectivity index (χ0v) is 15.8. The lowest BCUT2D eigenvalue weighted by Crippen LogP contribution is -2.14. The van der Waals surface area contributed by atoms with Gasteiger partial charge in [-0.25, -0.2) is 0 Å². The fourth-order valence-electron chi connectivity index (χ4n) is 1.91. The number of halogens is 1. The Morgan fingerprint density at radius 2 is 2.20 bits per heavy atom. The van der Waals surface area contributed by atoms with Crippen LogP contribution in [0.4, 0.5) is 16.6 Å². The maximum atomic E-state index is 11.9. The molecular weight excluding hydrogens is 382 g/mol. The molecule has 2 heterocycles. The lowest BCUT2D eigenvalue weighted by atomic mass is 10.2. The van der Waals surface area contributed by atoms with E-state index in [2.05, 4.69) is 26.0 Å². The van der Waals surface area contributed by atoms with Gasteiger partial charge >= 0.3 is 0 Å². The number of hydrogen-bond donors (Lipinski definition) is 2. The van der Waals surface area contributed by atoms with Gasteiger partial charge in [-0.3, -0.25) is 4.79 Å². The SMILES string of the molecule is Cc1cc(NC(=O)CSc2nnc(Nc3cccc(Cl)c3C)s2)no1. The van der Waals surface area contributed by atoms with E-state index >= 15 is 0 Å². The Morgan fingerprint density at radius 1 is 1.36 bits per heavy atom. The van der Waals surface area contributed by atoms with Gasteiger partial charge in [-0.1, -0.05) is 45.9 Å². The summed E-state index contributed by atoms with van der Waals surface area (Å²) >= 11 is 8.77. The maximum Gasteiger partial charge on any atom is 0.236 e. The van der Waals surface area contributed by atoms with Crippen LogP contribution in [0, 0.1) is 13.8 Å². The second-order valence-corrected chi connectivity index (χ2v) is 7.68. The van der Waals surface area contributed by atoms with Gasteiger partial charge < -0.3 is 15.2 Å². The van der Waals surface area contributed by atoms with E-state index in [0.717, 1.165) is 11.3 Å². The summed E-state index contributed by atoms with van der Waals surface area (Å²) in [6, 6.07) is 7.27. The molecule has 2 N–H and O–H groups in total. The van der Waals surface area contributed by atoms with E-state index in [1.807, 2.05) is 25.1 Å². The van der Waals surface area contributed by atoms with E-state index in [1.54, 1.807) is 13.0 Å². The van der Waals surface area contributed by atoms with Gasteiger partial charge in [-0.15, -0.1) is 10.2 Å². The molecule has 25 heavy (non-hydrogen) atoms. The maximum absolute atomic E-state index is 11.9. The number of anilines is 3. The van der Waals surface area contributed by atoms with E-state index in [1.165, 1.54) is 23.1 Å². The summed E-state index contributed by atoms with van der Waals surface area (Å²) < 4.78 is 5.59. The van der Waals surface area contributed by atoms with Gasteiger partial charge in [-0.2, -0.15) is 0 Å². The highest BCUT2D eigenvalue weighted by Gasteiger charge is 2.11. The molecule has 0 saturated carbocycles. The van der Waals surface area contributed by atoms with Crippen molar-refractivity contribution < 1.29 is 9.32 Å². The number of aromatic nitrogens is 3. The van der Waals surface area contributed by atoms with Crippen molar-refractivity contribution in [1.29, 1.82) is 0 Å². The average Bonchev–Trinajstić information content (AvgIpc) is 3.19. The van der Waals surface area contributed by atoms with E-state index in [9.17, 15) is 4.79 Å². The van der Waals surface area contributed by atoms with Crippen LogP contribution in [0.1, 0.15) is 11.3 Å². The molecule has 10 heteroatoms. The lowest BCUT2D eigenvalue weighted by molar-refractivity contribution is -0.113. The summed E-state index contributed by atoms with van der Waals surface area (Å²) in [5.74, 6) is 1.06. The molecule has 0 radical (unpaired) electrons. The van der Waals surface area contributed by atoms with Crippen molar-refractivity contribution in [3.63, 3.8) is 0 Å². The monoisotopic (exact) mass is 395 g/mol. The van der Waals surface area contributed by atoms with E-state index < -0.39 is 0 Å². The van der Waals surface area contributed by atoms with Gasteiger partial charge in [0.25, 0.3) is 0 Å². The highest BCUT2D eigenvalue weighted by molar-refractivity contribution is 8.01. The first-order valence-corrected chi connectivity index (χ1v) is 9.41. The van der Waals surface area contributed by atoms with Crippen molar-refractivity contribution in [2.24, 2.45) is 0 Å². The minimum atomic E-state index is -0.186. The molecule has 0 bridgehead atoms. The molecule has 0 unspecified atom stereocenters. The second kappa shape index (κ2) is 7.85. The standard InChI is InChI=1S/C15H14ClN5O2S2/c1-8-6-12(21-23-8)18-13(22)7-24-15-20-19-14(25-15)17-11-5-3-4-10(16)9(11)2/h3-6H,7H2,1-2H3,(H,17,19)(H,18,21,22). The van der Waals surface area contributed by atoms with Crippen molar-refractivity contribution in [3.8, 4) is 0 Å². The Hall–Kier alpha value is -2.10. The number of benzene rings is 1. The molecule has 0 atom stereocenters. The molecule has 1 aromatic carbocycles. The van der Waals surface area contributed by atoms with Crippen molar-refractivity contribution in [2.45, 2.75) is 18.2 Å². The van der Waals surface area contributed by atoms with Crippen molar-refractivity contribution in [1.82, 2.24) is 15.4 Å². The Balaban J connectivity index is 1.54. The van der Waals surface area contributed by atoms with Crippen LogP contribution in [0.3, 0.4) is 0 Å². The fourth-order valence-corrected chi connectivity index (χ4v) is 3.65. The van der Waals surface area contributed by atoms with Gasteiger partial charge in [0, 0.05) is 16.8 Å². The number of carbonyl (C=O) groups excluding carboxylic acids is 1. The highest BCUT2D eigenvalue weighted by Crippen LogP contribution is 2.30. The number of rotatable bonds is 6. The molecule has 0 aliphatic heterocycles. The number of amides is 1. The molecule has 7 nitrogen and oxygen atoms in total. The smallest absolute Gasteiger partial charge is 0.236 e. The van der Waals surface area contributed by atoms with E-state index in [-0.39, 0.29) is 11.7 Å². The van der Waals surface area contributed by atoms with Crippen LogP contribution in [-0.2, 0) is 4.79 Å². The quantitative estimate of drug-likeness (QED) is 0.602. The van der Waals surface area contributed by atoms with Crippen LogP contribution in [-0.4, -0.2) is 27.0 Å². The average molecular weight is 396 g/mol. The summed E-state index contributed by atoms with van der Waals surface area (Å²) in [6.07, 6.45) is 0. The summed E-state index contributed by atoms with van der Waals surface area (Å²) in [4.78, 5) is 11.9. The van der Waals surface area contributed by atoms with Crippen LogP contribution in [0.5, 0.6) is 0 Å². The topological polar surface area (TPSA) is 92.9 Å². The molecule has 3 rings (SSSR count). The van der Waals surface area contributed by atoms with Crippen LogP contribution >= 0.6 is 34.7 Å². The molecule has 0 saturated heterocycles. The summed E-state index contributed by atoms with van der Waals surface area (Å²) in [7, 11) is 0. The third kappa shape index (κ3) is 4.71. The van der Waals surface area contributed by atoms with Crippen molar-refractivity contribution >= 4 is 57.2 Å². The number of carbonyl (C=O) groups is 1. The molecular formula is C15H14ClN5O2S2. The molecule has 0 spiro atoms. The van der Waals surface area contributed by atoms with Crippen LogP contribution in [0.2, 0.25) is 5.02 Å². The van der Waals surface area contributed by atoms with Crippen molar-refractivity contribution in [2.75, 3.05) is 16.4 Å². The summed E-state index contributed by atoms with van der Waals surface area (Å²) in [5.41, 5.74) is 1.81. The van der Waals surface area contributed by atoms with Gasteiger partial charge in [0.1, 0.15) is 5.76 Å². The zero-order valence-electron chi connectivity index (χ0n) is 13.4. The molecule has 2 aromatic heterocycles. The molecule has 0 fully saturated rings. The second-order valence-electron chi connectivity index (χ2n) is 5.07. The number of thioether (sulfide) groups is 1. The zero-order chi connectivity index (χ0) is 17.8. The largest absolute Gasteiger partial charge is 0.360 e. The first kappa shape index (κ1) is 17.7. The molecule has 0 aliphatic rings. The molecule has 1 amide bonds. The summed E-state index contributed by atoms with van der Waals surface area (Å²) in [6.45, 7) is 3.69. The number of hydrogen-bond acceptors (Lipinski definition) is 8. The van der Waals surface area contributed by atoms with Crippen LogP contribution in [0.15, 0.2) is 33.1 Å². The highest BCUT2D eigenvalue weighted by atomic mass is 35.5. The first-order valence-electron chi connectivity index (χ1n) is 7.23. The third-order valence-corrected chi connectivity index (χ3v) is 5.52.